The van der Waals surface area contributed by atoms with E-state index < -0.39 is 17.8 Å². The van der Waals surface area contributed by atoms with Crippen LogP contribution in [0.3, 0.4) is 0 Å². The molecule has 0 saturated carbocycles. The fourth-order valence-electron chi connectivity index (χ4n) is 3.48. The van der Waals surface area contributed by atoms with Crippen LogP contribution < -0.4 is 25.0 Å². The van der Waals surface area contributed by atoms with Crippen LogP contribution in [0.4, 0.5) is 5.69 Å². The van der Waals surface area contributed by atoms with E-state index in [1.165, 1.54) is 20.4 Å². The number of rotatable bonds is 7. The van der Waals surface area contributed by atoms with Crippen LogP contribution in [0.15, 0.2) is 90.0 Å². The molecule has 2 N–H and O–H groups in total. The first-order valence-electron chi connectivity index (χ1n) is 11.1. The summed E-state index contributed by atoms with van der Waals surface area (Å²) in [4.78, 5) is 37.3. The van der Waals surface area contributed by atoms with E-state index in [4.69, 9.17) is 14.2 Å². The molecule has 0 aromatic heterocycles. The number of hydrazone groups is 1. The molecule has 2 amide bonds. The maximum absolute atomic E-state index is 12.8. The second-order valence-corrected chi connectivity index (χ2v) is 7.70. The maximum Gasteiger partial charge on any atom is 0.343 e. The van der Waals surface area contributed by atoms with Crippen LogP contribution in [0.5, 0.6) is 17.2 Å². The number of anilines is 1. The molecule has 4 aromatic rings. The molecular weight excluding hydrogens is 474 g/mol. The van der Waals surface area contributed by atoms with Crippen molar-refractivity contribution in [2.24, 2.45) is 5.10 Å². The van der Waals surface area contributed by atoms with E-state index in [-0.39, 0.29) is 5.75 Å². The molecule has 9 heteroatoms. The summed E-state index contributed by atoms with van der Waals surface area (Å²) in [5.74, 6) is -1.08. The normalized spacial score (nSPS) is 10.6. The Morgan fingerprint density at radius 1 is 0.784 bits per heavy atom. The molecule has 0 spiro atoms. The Morgan fingerprint density at radius 2 is 1.54 bits per heavy atom. The monoisotopic (exact) mass is 497 g/mol. The Hall–Kier alpha value is -5.18. The van der Waals surface area contributed by atoms with Crippen molar-refractivity contribution >= 4 is 40.5 Å². The molecule has 0 aliphatic carbocycles. The van der Waals surface area contributed by atoms with Gasteiger partial charge in [-0.15, -0.1) is 0 Å². The van der Waals surface area contributed by atoms with Crippen LogP contribution in [0.25, 0.3) is 10.8 Å². The second-order valence-electron chi connectivity index (χ2n) is 7.70. The predicted octanol–water partition coefficient (Wildman–Crippen LogP) is 4.17. The fraction of sp³-hybridized carbons (Fsp3) is 0.0714. The molecule has 0 heterocycles. The number of fused-ring (bicyclic) bond motifs is 1. The quantitative estimate of drug-likeness (QED) is 0.130. The third-order valence-corrected chi connectivity index (χ3v) is 5.35. The number of nitrogens with one attached hydrogen (secondary N) is 2. The Labute approximate surface area is 212 Å². The minimum atomic E-state index is -0.976. The van der Waals surface area contributed by atoms with Crippen molar-refractivity contribution in [1.82, 2.24) is 5.43 Å². The number of methoxy groups -OCH3 is 2. The molecule has 0 atom stereocenters. The highest BCUT2D eigenvalue weighted by Crippen LogP contribution is 2.27. The number of amides is 2. The fourth-order valence-corrected chi connectivity index (χ4v) is 3.48. The van der Waals surface area contributed by atoms with E-state index in [1.54, 1.807) is 54.6 Å². The molecule has 0 saturated heterocycles. The van der Waals surface area contributed by atoms with Gasteiger partial charge in [0.15, 0.2) is 0 Å². The molecule has 37 heavy (non-hydrogen) atoms. The molecular formula is C28H23N3O6. The van der Waals surface area contributed by atoms with Crippen molar-refractivity contribution in [3.63, 3.8) is 0 Å². The van der Waals surface area contributed by atoms with Crippen molar-refractivity contribution in [1.29, 1.82) is 0 Å². The van der Waals surface area contributed by atoms with E-state index in [2.05, 4.69) is 15.8 Å². The zero-order chi connectivity index (χ0) is 26.2. The van der Waals surface area contributed by atoms with Gasteiger partial charge in [-0.05, 0) is 53.2 Å². The second kappa shape index (κ2) is 11.5. The van der Waals surface area contributed by atoms with E-state index in [0.29, 0.717) is 28.3 Å². The Balaban J connectivity index is 1.52. The summed E-state index contributed by atoms with van der Waals surface area (Å²) in [5, 5.41) is 8.02. The minimum absolute atomic E-state index is 0.235. The summed E-state index contributed by atoms with van der Waals surface area (Å²) in [6.45, 7) is 0. The topological polar surface area (TPSA) is 115 Å². The van der Waals surface area contributed by atoms with Gasteiger partial charge in [-0.25, -0.2) is 10.2 Å². The van der Waals surface area contributed by atoms with Gasteiger partial charge < -0.3 is 19.5 Å². The first kappa shape index (κ1) is 24.9. The zero-order valence-corrected chi connectivity index (χ0v) is 20.1. The number of esters is 1. The highest BCUT2D eigenvalue weighted by molar-refractivity contribution is 6.39. The van der Waals surface area contributed by atoms with Gasteiger partial charge in [-0.3, -0.25) is 9.59 Å². The number of hydrogen-bond acceptors (Lipinski definition) is 7. The molecule has 9 nitrogen and oxygen atoms in total. The molecule has 186 valence electrons. The van der Waals surface area contributed by atoms with Crippen molar-refractivity contribution in [2.75, 3.05) is 19.5 Å². The van der Waals surface area contributed by atoms with Crippen LogP contribution in [0.2, 0.25) is 0 Å². The van der Waals surface area contributed by atoms with Crippen molar-refractivity contribution < 1.29 is 28.6 Å². The average Bonchev–Trinajstić information content (AvgIpc) is 2.93. The van der Waals surface area contributed by atoms with Gasteiger partial charge >= 0.3 is 17.8 Å². The Morgan fingerprint density at radius 3 is 2.30 bits per heavy atom. The lowest BCUT2D eigenvalue weighted by Crippen LogP contribution is -2.32. The lowest BCUT2D eigenvalue weighted by molar-refractivity contribution is -0.136. The molecule has 0 aliphatic heterocycles. The number of nitrogens with zero attached hydrogens (tertiary/aromatic N) is 1. The summed E-state index contributed by atoms with van der Waals surface area (Å²) >= 11 is 0. The highest BCUT2D eigenvalue weighted by atomic mass is 16.5. The van der Waals surface area contributed by atoms with Crippen LogP contribution in [0, 0.1) is 0 Å². The minimum Gasteiger partial charge on any atom is -0.497 e. The molecule has 0 bridgehead atoms. The number of hydrogen-bond donors (Lipinski definition) is 2. The molecule has 0 fully saturated rings. The summed E-state index contributed by atoms with van der Waals surface area (Å²) in [5.41, 5.74) is 3.38. The molecule has 4 aromatic carbocycles. The van der Waals surface area contributed by atoms with Crippen molar-refractivity contribution in [3.05, 3.63) is 96.1 Å². The predicted molar refractivity (Wildman–Crippen MR) is 139 cm³/mol. The van der Waals surface area contributed by atoms with Gasteiger partial charge in [0.25, 0.3) is 0 Å². The van der Waals surface area contributed by atoms with E-state index >= 15 is 0 Å². The van der Waals surface area contributed by atoms with Gasteiger partial charge in [0, 0.05) is 17.3 Å². The smallest absolute Gasteiger partial charge is 0.343 e. The number of carbonyl (C=O) groups is 3. The number of carbonyl (C=O) groups excluding carboxylic acids is 3. The van der Waals surface area contributed by atoms with Gasteiger partial charge in [-0.1, -0.05) is 36.4 Å². The lowest BCUT2D eigenvalue weighted by atomic mass is 10.0. The SMILES string of the molecule is COc1ccc(C(=O)Oc2ccc3ccccc3c2/C=N/NC(=O)C(=O)Nc2cccc(OC)c2)cc1. The number of ether oxygens (including phenoxy) is 3. The third-order valence-electron chi connectivity index (χ3n) is 5.35. The van der Waals surface area contributed by atoms with E-state index in [9.17, 15) is 14.4 Å². The van der Waals surface area contributed by atoms with Crippen LogP contribution in [-0.4, -0.2) is 38.2 Å². The molecule has 0 radical (unpaired) electrons. The van der Waals surface area contributed by atoms with Crippen LogP contribution in [-0.2, 0) is 9.59 Å². The van der Waals surface area contributed by atoms with Gasteiger partial charge in [0.1, 0.15) is 17.2 Å². The first-order chi connectivity index (χ1) is 18.0. The third kappa shape index (κ3) is 6.09. The van der Waals surface area contributed by atoms with Gasteiger partial charge in [0.05, 0.1) is 26.0 Å². The maximum atomic E-state index is 12.8. The molecule has 0 unspecified atom stereocenters. The summed E-state index contributed by atoms with van der Waals surface area (Å²) < 4.78 is 15.9. The average molecular weight is 498 g/mol. The Kier molecular flexibility index (Phi) is 7.75. The van der Waals surface area contributed by atoms with E-state index in [0.717, 1.165) is 10.8 Å². The number of benzene rings is 4. The lowest BCUT2D eigenvalue weighted by Gasteiger charge is -2.11. The summed E-state index contributed by atoms with van der Waals surface area (Å²) in [7, 11) is 3.04. The van der Waals surface area contributed by atoms with Crippen molar-refractivity contribution in [3.8, 4) is 17.2 Å². The first-order valence-corrected chi connectivity index (χ1v) is 11.1. The molecule has 4 rings (SSSR count). The summed E-state index contributed by atoms with van der Waals surface area (Å²) in [6.07, 6.45) is 1.33. The standard InChI is InChI=1S/C28H23N3O6/c1-35-21-13-10-19(11-14-21)28(34)37-25-15-12-18-6-3-4-9-23(18)24(25)17-29-31-27(33)26(32)30-20-7-5-8-22(16-20)36-2/h3-17H,1-2H3,(H,30,32)(H,31,33)/b29-17+. The van der Waals surface area contributed by atoms with E-state index in [1.807, 2.05) is 30.3 Å². The van der Waals surface area contributed by atoms with Gasteiger partial charge in [-0.2, -0.15) is 5.10 Å². The summed E-state index contributed by atoms with van der Waals surface area (Å²) in [6, 6.07) is 24.0. The Bertz CT molecular complexity index is 1480. The van der Waals surface area contributed by atoms with Crippen molar-refractivity contribution in [2.45, 2.75) is 0 Å². The van der Waals surface area contributed by atoms with Crippen LogP contribution in [0.1, 0.15) is 15.9 Å². The molecule has 0 aliphatic rings. The largest absolute Gasteiger partial charge is 0.497 e. The highest BCUT2D eigenvalue weighted by Gasteiger charge is 2.16. The van der Waals surface area contributed by atoms with Gasteiger partial charge in [0.2, 0.25) is 0 Å². The zero-order valence-electron chi connectivity index (χ0n) is 20.1. The van der Waals surface area contributed by atoms with Crippen LogP contribution >= 0.6 is 0 Å².